The third-order valence-electron chi connectivity index (χ3n) is 8.58. The zero-order valence-corrected chi connectivity index (χ0v) is 27.4. The Morgan fingerprint density at radius 1 is 0.429 bits per heavy atom. The van der Waals surface area contributed by atoms with Crippen LogP contribution in [0.2, 0.25) is 0 Å². The van der Waals surface area contributed by atoms with E-state index in [-0.39, 0.29) is 0 Å². The Morgan fingerprint density at radius 2 is 1.10 bits per heavy atom. The molecule has 6 aromatic carbocycles. The van der Waals surface area contributed by atoms with Crippen molar-refractivity contribution in [1.82, 2.24) is 24.9 Å². The normalized spacial score (nSPS) is 11.7. The highest BCUT2D eigenvalue weighted by Crippen LogP contribution is 2.41. The number of hydrogen-bond acceptors (Lipinski definition) is 8. The molecule has 230 valence electrons. The van der Waals surface area contributed by atoms with E-state index in [4.69, 9.17) is 29.3 Å². The minimum Gasteiger partial charge on any atom is -0.436 e. The van der Waals surface area contributed by atoms with Crippen LogP contribution in [-0.2, 0) is 0 Å². The second-order valence-corrected chi connectivity index (χ2v) is 13.8. The lowest BCUT2D eigenvalue weighted by molar-refractivity contribution is 0.620. The molecule has 0 aliphatic heterocycles. The minimum atomic E-state index is 0.525. The molecule has 10 aromatic rings. The van der Waals surface area contributed by atoms with Crippen molar-refractivity contribution in [3.63, 3.8) is 0 Å². The van der Waals surface area contributed by atoms with E-state index in [2.05, 4.69) is 66.7 Å². The van der Waals surface area contributed by atoms with Crippen LogP contribution >= 0.6 is 22.7 Å². The lowest BCUT2D eigenvalue weighted by Gasteiger charge is -2.11. The van der Waals surface area contributed by atoms with Gasteiger partial charge in [-0.05, 0) is 54.6 Å². The lowest BCUT2D eigenvalue weighted by Crippen LogP contribution is -2.01. The summed E-state index contributed by atoms with van der Waals surface area (Å²) in [7, 11) is 0. The number of oxazole rings is 1. The predicted octanol–water partition coefficient (Wildman–Crippen LogP) is 11.3. The molecule has 49 heavy (non-hydrogen) atoms. The van der Waals surface area contributed by atoms with Gasteiger partial charge >= 0.3 is 0 Å². The zero-order chi connectivity index (χ0) is 32.3. The van der Waals surface area contributed by atoms with Gasteiger partial charge in [-0.3, -0.25) is 0 Å². The molecule has 4 aromatic heterocycles. The third kappa shape index (κ3) is 4.88. The molecule has 0 aliphatic rings. The first kappa shape index (κ1) is 28.0. The topological polar surface area (TPSA) is 77.6 Å². The van der Waals surface area contributed by atoms with Crippen LogP contribution in [0.3, 0.4) is 0 Å². The summed E-state index contributed by atoms with van der Waals surface area (Å²) in [5.74, 6) is 2.30. The fourth-order valence-electron chi connectivity index (χ4n) is 6.30. The van der Waals surface area contributed by atoms with Crippen molar-refractivity contribution in [2.75, 3.05) is 0 Å². The molecule has 6 nitrogen and oxygen atoms in total. The number of para-hydroxylation sites is 3. The quantitative estimate of drug-likeness (QED) is 0.182. The van der Waals surface area contributed by atoms with Crippen LogP contribution in [-0.4, -0.2) is 24.9 Å². The molecule has 0 saturated heterocycles. The van der Waals surface area contributed by atoms with Gasteiger partial charge in [0.15, 0.2) is 23.1 Å². The highest BCUT2D eigenvalue weighted by atomic mass is 32.1. The van der Waals surface area contributed by atoms with Crippen molar-refractivity contribution in [3.05, 3.63) is 140 Å². The van der Waals surface area contributed by atoms with E-state index in [1.807, 2.05) is 72.8 Å². The van der Waals surface area contributed by atoms with Gasteiger partial charge in [-0.1, -0.05) is 84.9 Å². The van der Waals surface area contributed by atoms with E-state index in [0.717, 1.165) is 59.5 Å². The Hall–Kier alpha value is -6.09. The molecule has 0 bridgehead atoms. The van der Waals surface area contributed by atoms with Crippen LogP contribution in [0, 0.1) is 0 Å². The molecule has 10 rings (SSSR count). The summed E-state index contributed by atoms with van der Waals surface area (Å²) < 4.78 is 9.83. The summed E-state index contributed by atoms with van der Waals surface area (Å²) >= 11 is 3.43. The first-order chi connectivity index (χ1) is 24.2. The standard InChI is InChI=1S/C41H23N5OS2/c1-2-11-24(12-3-1)37-44-38(46-39(45-37)29-14-10-20-35-36(29)28-13-4-8-18-33(28)48-35)25-21-26(40-42-30-15-5-7-17-32(30)47-40)23-27(22-25)41-43-31-16-6-9-19-34(31)49-41/h1-23H. The molecule has 0 spiro atoms. The fourth-order valence-corrected chi connectivity index (χ4v) is 8.38. The van der Waals surface area contributed by atoms with Crippen molar-refractivity contribution in [1.29, 1.82) is 0 Å². The SMILES string of the molecule is c1ccc(-c2nc(-c3cc(-c4nc5ccccc5o4)cc(-c4nc5ccccc5s4)c3)nc(-c3cccc4sc5ccccc5c34)n2)cc1. The van der Waals surface area contributed by atoms with Gasteiger partial charge in [0.05, 0.1) is 10.2 Å². The van der Waals surface area contributed by atoms with Gasteiger partial charge in [-0.2, -0.15) is 0 Å². The van der Waals surface area contributed by atoms with E-state index >= 15 is 0 Å². The number of benzene rings is 6. The van der Waals surface area contributed by atoms with Crippen LogP contribution < -0.4 is 0 Å². The third-order valence-corrected chi connectivity index (χ3v) is 10.8. The molecule has 0 fully saturated rings. The van der Waals surface area contributed by atoms with Crippen molar-refractivity contribution < 1.29 is 4.42 Å². The van der Waals surface area contributed by atoms with E-state index in [1.54, 1.807) is 22.7 Å². The Morgan fingerprint density at radius 3 is 1.96 bits per heavy atom. The van der Waals surface area contributed by atoms with E-state index in [9.17, 15) is 0 Å². The van der Waals surface area contributed by atoms with E-state index in [1.165, 1.54) is 14.8 Å². The molecular weight excluding hydrogens is 643 g/mol. The summed E-state index contributed by atoms with van der Waals surface area (Å²) in [5, 5.41) is 3.24. The van der Waals surface area contributed by atoms with Crippen molar-refractivity contribution in [2.45, 2.75) is 0 Å². The van der Waals surface area contributed by atoms with Gasteiger partial charge < -0.3 is 4.42 Å². The molecule has 0 amide bonds. The van der Waals surface area contributed by atoms with Crippen molar-refractivity contribution >= 4 is 64.2 Å². The Bertz CT molecular complexity index is 2700. The summed E-state index contributed by atoms with van der Waals surface area (Å²) in [5.41, 5.74) is 6.94. The van der Waals surface area contributed by atoms with E-state index < -0.39 is 0 Å². The molecule has 0 saturated carbocycles. The summed E-state index contributed by atoms with van der Waals surface area (Å²) in [6, 6.07) is 47.2. The van der Waals surface area contributed by atoms with Crippen LogP contribution in [0.1, 0.15) is 0 Å². The minimum absolute atomic E-state index is 0.525. The monoisotopic (exact) mass is 665 g/mol. The number of rotatable bonds is 5. The van der Waals surface area contributed by atoms with Gasteiger partial charge in [-0.15, -0.1) is 22.7 Å². The highest BCUT2D eigenvalue weighted by Gasteiger charge is 2.20. The fraction of sp³-hybridized carbons (Fsp3) is 0. The van der Waals surface area contributed by atoms with Gasteiger partial charge in [0.2, 0.25) is 5.89 Å². The first-order valence-corrected chi connectivity index (χ1v) is 17.5. The van der Waals surface area contributed by atoms with Crippen LogP contribution in [0.25, 0.3) is 97.7 Å². The molecule has 8 heteroatoms. The Balaban J connectivity index is 1.23. The summed E-state index contributed by atoms with van der Waals surface area (Å²) in [6.45, 7) is 0. The van der Waals surface area contributed by atoms with E-state index in [0.29, 0.717) is 23.4 Å². The van der Waals surface area contributed by atoms with Crippen molar-refractivity contribution in [2.24, 2.45) is 0 Å². The van der Waals surface area contributed by atoms with Crippen LogP contribution in [0.4, 0.5) is 0 Å². The van der Waals surface area contributed by atoms with Crippen LogP contribution in [0.15, 0.2) is 144 Å². The molecule has 0 unspecified atom stereocenters. The second kappa shape index (κ2) is 11.3. The number of fused-ring (bicyclic) bond motifs is 5. The number of thiazole rings is 1. The molecule has 0 radical (unpaired) electrons. The largest absolute Gasteiger partial charge is 0.436 e. The second-order valence-electron chi connectivity index (χ2n) is 11.7. The molecule has 4 heterocycles. The maximum absolute atomic E-state index is 6.28. The number of thiophene rings is 1. The number of hydrogen-bond donors (Lipinski definition) is 0. The highest BCUT2D eigenvalue weighted by molar-refractivity contribution is 7.26. The Kier molecular flexibility index (Phi) is 6.43. The molecule has 0 atom stereocenters. The molecule has 0 N–H and O–H groups in total. The molecular formula is C41H23N5OS2. The lowest BCUT2D eigenvalue weighted by atomic mass is 10.0. The predicted molar refractivity (Wildman–Crippen MR) is 201 cm³/mol. The average molecular weight is 666 g/mol. The number of aromatic nitrogens is 5. The van der Waals surface area contributed by atoms with Gasteiger partial charge in [-0.25, -0.2) is 24.9 Å². The maximum atomic E-state index is 6.28. The Labute approximate surface area is 288 Å². The smallest absolute Gasteiger partial charge is 0.227 e. The van der Waals surface area contributed by atoms with Gasteiger partial charge in [0, 0.05) is 48.0 Å². The number of nitrogens with zero attached hydrogens (tertiary/aromatic N) is 5. The van der Waals surface area contributed by atoms with Crippen molar-refractivity contribution in [3.8, 4) is 56.2 Å². The molecule has 0 aliphatic carbocycles. The zero-order valence-electron chi connectivity index (χ0n) is 25.7. The maximum Gasteiger partial charge on any atom is 0.227 e. The van der Waals surface area contributed by atoms with Crippen LogP contribution in [0.5, 0.6) is 0 Å². The van der Waals surface area contributed by atoms with Gasteiger partial charge in [0.1, 0.15) is 10.5 Å². The van der Waals surface area contributed by atoms with Gasteiger partial charge in [0.25, 0.3) is 0 Å². The average Bonchev–Trinajstić information content (AvgIpc) is 3.90. The summed E-state index contributed by atoms with van der Waals surface area (Å²) in [6.07, 6.45) is 0. The first-order valence-electron chi connectivity index (χ1n) is 15.8. The summed E-state index contributed by atoms with van der Waals surface area (Å²) in [4.78, 5) is 25.2.